The number of likely N-dealkylation sites (tertiary alicyclic amines) is 1. The van der Waals surface area contributed by atoms with Crippen LogP contribution in [0.4, 0.5) is 0 Å². The fourth-order valence-electron chi connectivity index (χ4n) is 3.11. The van der Waals surface area contributed by atoms with E-state index in [1.165, 1.54) is 11.3 Å². The van der Waals surface area contributed by atoms with Crippen molar-refractivity contribution in [3.63, 3.8) is 0 Å². The Hall–Kier alpha value is -1.92. The Kier molecular flexibility index (Phi) is 5.71. The number of hydrogen-bond acceptors (Lipinski definition) is 4. The number of halogens is 1. The number of carbonyl (C=O) groups is 2. The third-order valence-corrected chi connectivity index (χ3v) is 5.61. The van der Waals surface area contributed by atoms with Crippen molar-refractivity contribution < 1.29 is 14.7 Å². The number of rotatable bonds is 5. The van der Waals surface area contributed by atoms with Gasteiger partial charge in [0.05, 0.1) is 5.02 Å². The molecule has 1 aromatic heterocycles. The Balaban J connectivity index is 1.69. The Morgan fingerprint density at radius 1 is 1.36 bits per heavy atom. The average molecular weight is 379 g/mol. The van der Waals surface area contributed by atoms with Gasteiger partial charge in [-0.05, 0) is 31.2 Å². The number of hydrogen-bond donors (Lipinski definition) is 1. The Labute approximate surface area is 155 Å². The highest BCUT2D eigenvalue weighted by Crippen LogP contribution is 2.31. The summed E-state index contributed by atoms with van der Waals surface area (Å²) < 4.78 is 0. The molecule has 132 valence electrons. The number of carboxylic acid groups (broad SMARTS) is 1. The lowest BCUT2D eigenvalue weighted by atomic mass is 9.93. The molecule has 1 amide bonds. The zero-order valence-corrected chi connectivity index (χ0v) is 15.2. The molecule has 1 saturated heterocycles. The van der Waals surface area contributed by atoms with Gasteiger partial charge in [0.15, 0.2) is 0 Å². The zero-order valence-electron chi connectivity index (χ0n) is 13.7. The largest absolute Gasteiger partial charge is 0.481 e. The Morgan fingerprint density at radius 2 is 2.16 bits per heavy atom. The number of piperidine rings is 1. The molecule has 5 nitrogen and oxygen atoms in total. The van der Waals surface area contributed by atoms with Crippen LogP contribution in [0.15, 0.2) is 29.6 Å². The zero-order chi connectivity index (χ0) is 17.8. The van der Waals surface area contributed by atoms with Crippen molar-refractivity contribution in [2.45, 2.75) is 25.7 Å². The van der Waals surface area contributed by atoms with Gasteiger partial charge < -0.3 is 10.0 Å². The van der Waals surface area contributed by atoms with E-state index in [0.29, 0.717) is 30.2 Å². The molecule has 25 heavy (non-hydrogen) atoms. The molecular formula is C18H19ClN2O3S. The first-order valence-corrected chi connectivity index (χ1v) is 9.52. The van der Waals surface area contributed by atoms with Crippen LogP contribution in [0, 0.1) is 5.92 Å². The number of amides is 1. The lowest BCUT2D eigenvalue weighted by molar-refractivity contribution is -0.137. The summed E-state index contributed by atoms with van der Waals surface area (Å²) in [4.78, 5) is 29.7. The smallest absolute Gasteiger partial charge is 0.303 e. The molecule has 1 aromatic carbocycles. The summed E-state index contributed by atoms with van der Waals surface area (Å²) in [6.07, 6.45) is 2.64. The number of aromatic nitrogens is 1. The van der Waals surface area contributed by atoms with Gasteiger partial charge in [0, 0.05) is 30.5 Å². The SMILES string of the molecule is O=C(O)CC[C@H]1CCCN(C(=O)c2csc(-c3ccccc3Cl)n2)C1. The second-order valence-electron chi connectivity index (χ2n) is 6.21. The summed E-state index contributed by atoms with van der Waals surface area (Å²) >= 11 is 7.60. The van der Waals surface area contributed by atoms with Gasteiger partial charge in [-0.2, -0.15) is 0 Å². The predicted octanol–water partition coefficient (Wildman–Crippen LogP) is 4.18. The van der Waals surface area contributed by atoms with Crippen LogP contribution >= 0.6 is 22.9 Å². The molecule has 2 aromatic rings. The van der Waals surface area contributed by atoms with Gasteiger partial charge in [0.25, 0.3) is 5.91 Å². The fourth-order valence-corrected chi connectivity index (χ4v) is 4.22. The van der Waals surface area contributed by atoms with Crippen LogP contribution in [-0.4, -0.2) is 40.0 Å². The van der Waals surface area contributed by atoms with Gasteiger partial charge in [-0.25, -0.2) is 4.98 Å². The number of carbonyl (C=O) groups excluding carboxylic acids is 1. The summed E-state index contributed by atoms with van der Waals surface area (Å²) in [5.74, 6) is -0.627. The van der Waals surface area contributed by atoms with Gasteiger partial charge in [0.2, 0.25) is 0 Å². The Bertz CT molecular complexity index is 777. The van der Waals surface area contributed by atoms with Gasteiger partial charge in [-0.3, -0.25) is 9.59 Å². The molecule has 0 radical (unpaired) electrons. The Morgan fingerprint density at radius 3 is 2.92 bits per heavy atom. The molecule has 0 unspecified atom stereocenters. The van der Waals surface area contributed by atoms with Crippen LogP contribution in [-0.2, 0) is 4.79 Å². The van der Waals surface area contributed by atoms with E-state index in [1.54, 1.807) is 16.3 Å². The van der Waals surface area contributed by atoms with Crippen molar-refractivity contribution in [2.24, 2.45) is 5.92 Å². The third kappa shape index (κ3) is 4.38. The standard InChI is InChI=1S/C18H19ClN2O3S/c19-14-6-2-1-5-13(14)17-20-15(11-25-17)18(24)21-9-3-4-12(10-21)7-8-16(22)23/h1-2,5-6,11-12H,3-4,7-10H2,(H,22,23)/t12-/m1/s1. The second kappa shape index (κ2) is 7.97. The maximum atomic E-state index is 12.7. The van der Waals surface area contributed by atoms with Crippen molar-refractivity contribution in [1.29, 1.82) is 0 Å². The molecular weight excluding hydrogens is 360 g/mol. The lowest BCUT2D eigenvalue weighted by Crippen LogP contribution is -2.40. The molecule has 3 rings (SSSR count). The molecule has 0 saturated carbocycles. The summed E-state index contributed by atoms with van der Waals surface area (Å²) in [6.45, 7) is 1.30. The molecule has 2 heterocycles. The van der Waals surface area contributed by atoms with E-state index in [9.17, 15) is 9.59 Å². The van der Waals surface area contributed by atoms with Gasteiger partial charge >= 0.3 is 5.97 Å². The summed E-state index contributed by atoms with van der Waals surface area (Å²) in [7, 11) is 0. The maximum Gasteiger partial charge on any atom is 0.303 e. The normalized spacial score (nSPS) is 17.5. The molecule has 1 atom stereocenters. The van der Waals surface area contributed by atoms with Crippen LogP contribution in [0.5, 0.6) is 0 Å². The van der Waals surface area contributed by atoms with E-state index >= 15 is 0 Å². The fraction of sp³-hybridized carbons (Fsp3) is 0.389. The number of thiazole rings is 1. The average Bonchev–Trinajstić information content (AvgIpc) is 3.10. The van der Waals surface area contributed by atoms with Gasteiger partial charge in [-0.1, -0.05) is 29.8 Å². The van der Waals surface area contributed by atoms with E-state index in [2.05, 4.69) is 4.98 Å². The number of carboxylic acids is 1. The highest BCUT2D eigenvalue weighted by Gasteiger charge is 2.26. The van der Waals surface area contributed by atoms with Crippen molar-refractivity contribution in [1.82, 2.24) is 9.88 Å². The number of nitrogens with zero attached hydrogens (tertiary/aromatic N) is 2. The summed E-state index contributed by atoms with van der Waals surface area (Å²) in [6, 6.07) is 7.44. The van der Waals surface area contributed by atoms with Crippen LogP contribution in [0.25, 0.3) is 10.6 Å². The van der Waals surface area contributed by atoms with E-state index in [0.717, 1.165) is 23.4 Å². The molecule has 1 N–H and O–H groups in total. The minimum Gasteiger partial charge on any atom is -0.481 e. The number of benzene rings is 1. The molecule has 0 aliphatic carbocycles. The van der Waals surface area contributed by atoms with Gasteiger partial charge in [-0.15, -0.1) is 11.3 Å². The maximum absolute atomic E-state index is 12.7. The summed E-state index contributed by atoms with van der Waals surface area (Å²) in [5, 5.41) is 11.9. The first kappa shape index (κ1) is 17.9. The molecule has 0 bridgehead atoms. The van der Waals surface area contributed by atoms with Crippen molar-refractivity contribution >= 4 is 34.8 Å². The lowest BCUT2D eigenvalue weighted by Gasteiger charge is -2.32. The van der Waals surface area contributed by atoms with Crippen molar-refractivity contribution in [3.8, 4) is 10.6 Å². The van der Waals surface area contributed by atoms with E-state index in [4.69, 9.17) is 16.7 Å². The van der Waals surface area contributed by atoms with E-state index in [1.807, 2.05) is 18.2 Å². The molecule has 1 fully saturated rings. The van der Waals surface area contributed by atoms with E-state index in [-0.39, 0.29) is 18.2 Å². The molecule has 1 aliphatic heterocycles. The molecule has 7 heteroatoms. The first-order valence-electron chi connectivity index (χ1n) is 8.26. The minimum absolute atomic E-state index is 0.0884. The van der Waals surface area contributed by atoms with Crippen LogP contribution in [0.1, 0.15) is 36.2 Å². The predicted molar refractivity (Wildman–Crippen MR) is 98.1 cm³/mol. The molecule has 1 aliphatic rings. The van der Waals surface area contributed by atoms with Crippen molar-refractivity contribution in [2.75, 3.05) is 13.1 Å². The second-order valence-corrected chi connectivity index (χ2v) is 7.47. The first-order chi connectivity index (χ1) is 12.0. The molecule has 0 spiro atoms. The van der Waals surface area contributed by atoms with Crippen LogP contribution < -0.4 is 0 Å². The monoisotopic (exact) mass is 378 g/mol. The highest BCUT2D eigenvalue weighted by atomic mass is 35.5. The summed E-state index contributed by atoms with van der Waals surface area (Å²) in [5.41, 5.74) is 1.25. The number of aliphatic carboxylic acids is 1. The van der Waals surface area contributed by atoms with Crippen LogP contribution in [0.2, 0.25) is 5.02 Å². The van der Waals surface area contributed by atoms with Crippen LogP contribution in [0.3, 0.4) is 0 Å². The minimum atomic E-state index is -0.785. The third-order valence-electron chi connectivity index (χ3n) is 4.40. The van der Waals surface area contributed by atoms with E-state index < -0.39 is 5.97 Å². The highest BCUT2D eigenvalue weighted by molar-refractivity contribution is 7.13. The topological polar surface area (TPSA) is 70.5 Å². The van der Waals surface area contributed by atoms with Gasteiger partial charge in [0.1, 0.15) is 10.7 Å². The van der Waals surface area contributed by atoms with Crippen molar-refractivity contribution in [3.05, 3.63) is 40.4 Å². The quantitative estimate of drug-likeness (QED) is 0.847.